The van der Waals surface area contributed by atoms with Crippen LogP contribution in [0.2, 0.25) is 0 Å². The lowest BCUT2D eigenvalue weighted by Crippen LogP contribution is -2.44. The summed E-state index contributed by atoms with van der Waals surface area (Å²) in [5.74, 6) is 0.670. The van der Waals surface area contributed by atoms with Crippen LogP contribution in [-0.4, -0.2) is 60.8 Å². The van der Waals surface area contributed by atoms with Gasteiger partial charge in [0.1, 0.15) is 0 Å². The van der Waals surface area contributed by atoms with Gasteiger partial charge in [0.05, 0.1) is 6.54 Å². The maximum Gasteiger partial charge on any atom is 0.422 e. The van der Waals surface area contributed by atoms with Gasteiger partial charge in [-0.15, -0.1) is 0 Å². The van der Waals surface area contributed by atoms with Crippen molar-refractivity contribution in [3.05, 3.63) is 23.9 Å². The largest absolute Gasteiger partial charge is 0.468 e. The highest BCUT2D eigenvalue weighted by Gasteiger charge is 2.28. The van der Waals surface area contributed by atoms with E-state index in [1.165, 1.54) is 25.1 Å². The number of halogens is 3. The number of nitrogens with one attached hydrogen (secondary N) is 2. The van der Waals surface area contributed by atoms with Gasteiger partial charge in [-0.2, -0.15) is 13.2 Å². The second kappa shape index (κ2) is 10.3. The van der Waals surface area contributed by atoms with Crippen molar-refractivity contribution in [3.8, 4) is 5.88 Å². The molecule has 152 valence electrons. The van der Waals surface area contributed by atoms with Crippen molar-refractivity contribution in [2.45, 2.75) is 45.5 Å². The van der Waals surface area contributed by atoms with Crippen molar-refractivity contribution >= 4 is 5.96 Å². The third kappa shape index (κ3) is 7.62. The molecule has 1 aliphatic heterocycles. The first-order valence-electron chi connectivity index (χ1n) is 9.32. The van der Waals surface area contributed by atoms with Crippen molar-refractivity contribution in [1.29, 1.82) is 0 Å². The molecule has 2 N–H and O–H groups in total. The molecule has 1 saturated heterocycles. The van der Waals surface area contributed by atoms with E-state index in [0.29, 0.717) is 12.6 Å². The number of aliphatic imine (C=N–C) groups is 1. The zero-order valence-corrected chi connectivity index (χ0v) is 15.9. The molecule has 0 bridgehead atoms. The minimum Gasteiger partial charge on any atom is -0.468 e. The van der Waals surface area contributed by atoms with E-state index in [0.717, 1.165) is 37.7 Å². The Bertz CT molecular complexity index is 592. The van der Waals surface area contributed by atoms with Crippen molar-refractivity contribution in [2.75, 3.05) is 32.8 Å². The zero-order valence-electron chi connectivity index (χ0n) is 15.9. The van der Waals surface area contributed by atoms with Crippen molar-refractivity contribution in [3.63, 3.8) is 0 Å². The van der Waals surface area contributed by atoms with Gasteiger partial charge in [-0.3, -0.25) is 4.90 Å². The lowest BCUT2D eigenvalue weighted by atomic mass is 10.2. The van der Waals surface area contributed by atoms with Crippen LogP contribution < -0.4 is 15.4 Å². The summed E-state index contributed by atoms with van der Waals surface area (Å²) in [4.78, 5) is 10.9. The average Bonchev–Trinajstić information content (AvgIpc) is 3.10. The first-order chi connectivity index (χ1) is 12.9. The summed E-state index contributed by atoms with van der Waals surface area (Å²) >= 11 is 0. The Labute approximate surface area is 158 Å². The fourth-order valence-electron chi connectivity index (χ4n) is 3.01. The molecule has 9 heteroatoms. The van der Waals surface area contributed by atoms with Gasteiger partial charge in [0.2, 0.25) is 5.88 Å². The van der Waals surface area contributed by atoms with Crippen LogP contribution in [0.25, 0.3) is 0 Å². The van der Waals surface area contributed by atoms with Gasteiger partial charge in [-0.1, -0.05) is 13.0 Å². The molecule has 1 aromatic heterocycles. The number of ether oxygens (including phenoxy) is 1. The first kappa shape index (κ1) is 21.3. The fraction of sp³-hybridized carbons (Fsp3) is 0.667. The molecule has 27 heavy (non-hydrogen) atoms. The van der Waals surface area contributed by atoms with Gasteiger partial charge < -0.3 is 15.4 Å². The number of pyridine rings is 1. The molecule has 0 aromatic carbocycles. The van der Waals surface area contributed by atoms with Crippen molar-refractivity contribution < 1.29 is 17.9 Å². The Morgan fingerprint density at radius 2 is 2.15 bits per heavy atom. The number of nitrogens with zero attached hydrogens (tertiary/aromatic N) is 3. The average molecular weight is 387 g/mol. The van der Waals surface area contributed by atoms with E-state index >= 15 is 0 Å². The molecule has 2 rings (SSSR count). The number of aromatic nitrogens is 1. The molecule has 0 amide bonds. The fourth-order valence-corrected chi connectivity index (χ4v) is 3.01. The van der Waals surface area contributed by atoms with E-state index in [9.17, 15) is 13.2 Å². The minimum absolute atomic E-state index is 0.0500. The number of hydrogen-bond donors (Lipinski definition) is 2. The molecule has 1 fully saturated rings. The molecule has 0 saturated carbocycles. The Morgan fingerprint density at radius 3 is 2.78 bits per heavy atom. The number of likely N-dealkylation sites (N-methyl/N-ethyl adjacent to an activating group) is 1. The molecule has 2 heterocycles. The third-order valence-electron chi connectivity index (χ3n) is 4.36. The van der Waals surface area contributed by atoms with Crippen LogP contribution in [0.4, 0.5) is 13.2 Å². The zero-order chi connectivity index (χ0) is 19.7. The second-order valence-corrected chi connectivity index (χ2v) is 6.41. The number of guanidine groups is 1. The normalized spacial score (nSPS) is 18.6. The Kier molecular flexibility index (Phi) is 8.15. The summed E-state index contributed by atoms with van der Waals surface area (Å²) in [6, 6.07) is 3.61. The highest BCUT2D eigenvalue weighted by Crippen LogP contribution is 2.17. The summed E-state index contributed by atoms with van der Waals surface area (Å²) in [7, 11) is 0. The standard InChI is InChI=1S/C18H28F3N5O/c1-3-22-17(25-12-15-6-5-9-26(15)4-2)24-11-14-7-8-16(23-10-14)27-13-18(19,20)21/h7-8,10,15H,3-6,9,11-13H2,1-2H3,(H2,22,24,25). The van der Waals surface area contributed by atoms with Crippen LogP contribution in [0.15, 0.2) is 23.3 Å². The van der Waals surface area contributed by atoms with Crippen LogP contribution in [0.5, 0.6) is 5.88 Å². The third-order valence-corrected chi connectivity index (χ3v) is 4.36. The topological polar surface area (TPSA) is 61.8 Å². The van der Waals surface area contributed by atoms with Gasteiger partial charge in [0.15, 0.2) is 12.6 Å². The van der Waals surface area contributed by atoms with Gasteiger partial charge in [0.25, 0.3) is 0 Å². The predicted octanol–water partition coefficient (Wildman–Crippen LogP) is 2.56. The molecular weight excluding hydrogens is 359 g/mol. The molecule has 6 nitrogen and oxygen atoms in total. The highest BCUT2D eigenvalue weighted by atomic mass is 19.4. The quantitative estimate of drug-likeness (QED) is 0.530. The van der Waals surface area contributed by atoms with Crippen molar-refractivity contribution in [2.24, 2.45) is 4.99 Å². The van der Waals surface area contributed by atoms with E-state index in [1.807, 2.05) is 6.92 Å². The summed E-state index contributed by atoms with van der Waals surface area (Å²) in [6.45, 7) is 6.98. The molecule has 1 aliphatic rings. The number of rotatable bonds is 8. The van der Waals surface area contributed by atoms with Crippen molar-refractivity contribution in [1.82, 2.24) is 20.5 Å². The Balaban J connectivity index is 1.86. The van der Waals surface area contributed by atoms with E-state index in [-0.39, 0.29) is 5.88 Å². The van der Waals surface area contributed by atoms with E-state index in [2.05, 4.69) is 37.2 Å². The molecule has 1 unspecified atom stereocenters. The van der Waals surface area contributed by atoms with Crippen LogP contribution in [0, 0.1) is 0 Å². The molecule has 0 radical (unpaired) electrons. The Hall–Kier alpha value is -2.03. The summed E-state index contributed by atoms with van der Waals surface area (Å²) in [5.41, 5.74) is 0.794. The lowest BCUT2D eigenvalue weighted by molar-refractivity contribution is -0.154. The monoisotopic (exact) mass is 387 g/mol. The molecule has 1 aromatic rings. The van der Waals surface area contributed by atoms with Crippen LogP contribution in [0.1, 0.15) is 32.3 Å². The molecular formula is C18H28F3N5O. The molecule has 1 atom stereocenters. The highest BCUT2D eigenvalue weighted by molar-refractivity contribution is 5.79. The number of likely N-dealkylation sites (tertiary alicyclic amines) is 1. The van der Waals surface area contributed by atoms with E-state index in [1.54, 1.807) is 6.07 Å². The van der Waals surface area contributed by atoms with Crippen LogP contribution in [-0.2, 0) is 6.54 Å². The van der Waals surface area contributed by atoms with Crippen LogP contribution in [0.3, 0.4) is 0 Å². The Morgan fingerprint density at radius 1 is 1.33 bits per heavy atom. The molecule has 0 spiro atoms. The van der Waals surface area contributed by atoms with E-state index < -0.39 is 12.8 Å². The maximum atomic E-state index is 12.1. The lowest BCUT2D eigenvalue weighted by Gasteiger charge is -2.24. The summed E-state index contributed by atoms with van der Waals surface area (Å²) in [5, 5.41) is 6.58. The second-order valence-electron chi connectivity index (χ2n) is 6.41. The number of hydrogen-bond acceptors (Lipinski definition) is 4. The number of alkyl halides is 3. The minimum atomic E-state index is -4.37. The predicted molar refractivity (Wildman–Crippen MR) is 98.9 cm³/mol. The first-order valence-corrected chi connectivity index (χ1v) is 9.32. The summed E-state index contributed by atoms with van der Waals surface area (Å²) in [6.07, 6.45) is -0.482. The van der Waals surface area contributed by atoms with Gasteiger partial charge in [0, 0.05) is 31.4 Å². The van der Waals surface area contributed by atoms with E-state index in [4.69, 9.17) is 0 Å². The SMILES string of the molecule is CCNC(=NCc1ccc(OCC(F)(F)F)nc1)NCC1CCCN1CC. The smallest absolute Gasteiger partial charge is 0.422 e. The summed E-state index contributed by atoms with van der Waals surface area (Å²) < 4.78 is 41.0. The van der Waals surface area contributed by atoms with Gasteiger partial charge in [-0.25, -0.2) is 9.98 Å². The van der Waals surface area contributed by atoms with Gasteiger partial charge in [-0.05, 0) is 38.4 Å². The molecule has 0 aliphatic carbocycles. The van der Waals surface area contributed by atoms with Crippen LogP contribution >= 0.6 is 0 Å². The maximum absolute atomic E-state index is 12.1. The van der Waals surface area contributed by atoms with Gasteiger partial charge >= 0.3 is 6.18 Å².